The van der Waals surface area contributed by atoms with Crippen LogP contribution in [0.15, 0.2) is 0 Å². The molecule has 3 atom stereocenters. The molecule has 1 saturated heterocycles. The Morgan fingerprint density at radius 2 is 1.71 bits per heavy atom. The molecule has 0 aromatic rings. The second kappa shape index (κ2) is 4.55. The van der Waals surface area contributed by atoms with Crippen LogP contribution in [0.2, 0.25) is 0 Å². The maximum atomic E-state index is 6.16. The molecule has 2 nitrogen and oxygen atoms in total. The summed E-state index contributed by atoms with van der Waals surface area (Å²) in [5.41, 5.74) is -0.000259. The first-order chi connectivity index (χ1) is 7.80. The summed E-state index contributed by atoms with van der Waals surface area (Å²) in [7, 11) is 0. The summed E-state index contributed by atoms with van der Waals surface area (Å²) in [6, 6.07) is 1.20. The summed E-state index contributed by atoms with van der Waals surface area (Å²) in [6.45, 7) is 11.3. The van der Waals surface area contributed by atoms with Gasteiger partial charge >= 0.3 is 0 Å². The molecule has 1 saturated carbocycles. The van der Waals surface area contributed by atoms with Crippen LogP contribution in [-0.2, 0) is 4.74 Å². The van der Waals surface area contributed by atoms with Crippen molar-refractivity contribution < 1.29 is 4.74 Å². The van der Waals surface area contributed by atoms with Crippen molar-refractivity contribution in [2.75, 3.05) is 0 Å². The maximum Gasteiger partial charge on any atom is 0.0787 e. The minimum atomic E-state index is -0.0271. The first kappa shape index (κ1) is 13.4. The van der Waals surface area contributed by atoms with E-state index in [9.17, 15) is 0 Å². The van der Waals surface area contributed by atoms with E-state index in [1.165, 1.54) is 25.7 Å². The number of rotatable bonds is 2. The van der Waals surface area contributed by atoms with Gasteiger partial charge in [0.25, 0.3) is 0 Å². The lowest BCUT2D eigenvalue weighted by atomic mass is 9.84. The summed E-state index contributed by atoms with van der Waals surface area (Å²) in [6.07, 6.45) is 6.65. The number of hydrogen-bond donors (Lipinski definition) is 1. The van der Waals surface area contributed by atoms with Crippen LogP contribution in [0.4, 0.5) is 0 Å². The second-order valence-corrected chi connectivity index (χ2v) is 7.26. The van der Waals surface area contributed by atoms with Gasteiger partial charge in [-0.3, -0.25) is 0 Å². The Labute approximate surface area is 107 Å². The fourth-order valence-electron chi connectivity index (χ4n) is 3.64. The lowest BCUT2D eigenvalue weighted by Crippen LogP contribution is -2.50. The molecule has 3 unspecified atom stereocenters. The van der Waals surface area contributed by atoms with Crippen molar-refractivity contribution in [1.82, 2.24) is 5.32 Å². The first-order valence-corrected chi connectivity index (χ1v) is 7.26. The van der Waals surface area contributed by atoms with E-state index in [1.807, 2.05) is 0 Å². The van der Waals surface area contributed by atoms with E-state index in [2.05, 4.69) is 39.9 Å². The third-order valence-corrected chi connectivity index (χ3v) is 4.60. The number of hydrogen-bond acceptors (Lipinski definition) is 2. The van der Waals surface area contributed by atoms with Crippen LogP contribution < -0.4 is 5.32 Å². The molecule has 2 fully saturated rings. The predicted octanol–water partition coefficient (Wildman–Crippen LogP) is 3.50. The van der Waals surface area contributed by atoms with E-state index in [0.717, 1.165) is 12.3 Å². The quantitative estimate of drug-likeness (QED) is 0.796. The van der Waals surface area contributed by atoms with Gasteiger partial charge in [0.15, 0.2) is 0 Å². The molecule has 2 rings (SSSR count). The van der Waals surface area contributed by atoms with Crippen LogP contribution in [0.5, 0.6) is 0 Å². The van der Waals surface area contributed by atoms with E-state index < -0.39 is 0 Å². The summed E-state index contributed by atoms with van der Waals surface area (Å²) in [5, 5.41) is 3.89. The Hall–Kier alpha value is -0.0800. The summed E-state index contributed by atoms with van der Waals surface area (Å²) in [5.74, 6) is 0.822. The van der Waals surface area contributed by atoms with Gasteiger partial charge in [-0.05, 0) is 52.9 Å². The maximum absolute atomic E-state index is 6.16. The highest BCUT2D eigenvalue weighted by atomic mass is 16.5. The lowest BCUT2D eigenvalue weighted by Gasteiger charge is -2.36. The second-order valence-electron chi connectivity index (χ2n) is 7.26. The van der Waals surface area contributed by atoms with Gasteiger partial charge < -0.3 is 10.1 Å². The van der Waals surface area contributed by atoms with Crippen molar-refractivity contribution in [1.29, 1.82) is 0 Å². The van der Waals surface area contributed by atoms with Gasteiger partial charge in [0.05, 0.1) is 11.2 Å². The van der Waals surface area contributed by atoms with E-state index in [-0.39, 0.29) is 11.2 Å². The van der Waals surface area contributed by atoms with Crippen molar-refractivity contribution in [3.8, 4) is 0 Å². The van der Waals surface area contributed by atoms with Crippen molar-refractivity contribution in [3.05, 3.63) is 0 Å². The molecule has 0 bridgehead atoms. The molecule has 0 amide bonds. The monoisotopic (exact) mass is 239 g/mol. The summed E-state index contributed by atoms with van der Waals surface area (Å²) < 4.78 is 6.16. The average Bonchev–Trinajstić information content (AvgIpc) is 2.38. The largest absolute Gasteiger partial charge is 0.368 e. The smallest absolute Gasteiger partial charge is 0.0787 e. The van der Waals surface area contributed by atoms with Crippen LogP contribution in [0.3, 0.4) is 0 Å². The molecule has 1 aliphatic heterocycles. The topological polar surface area (TPSA) is 21.3 Å². The number of ether oxygens (including phenoxy) is 1. The van der Waals surface area contributed by atoms with Gasteiger partial charge in [0.2, 0.25) is 0 Å². The molecule has 0 aromatic heterocycles. The molecule has 100 valence electrons. The van der Waals surface area contributed by atoms with Crippen molar-refractivity contribution in [3.63, 3.8) is 0 Å². The first-order valence-electron chi connectivity index (χ1n) is 7.26. The number of nitrogens with one attached hydrogen (secondary N) is 1. The average molecular weight is 239 g/mol. The Bertz CT molecular complexity index is 272. The zero-order valence-corrected chi connectivity index (χ0v) is 12.2. The van der Waals surface area contributed by atoms with Crippen molar-refractivity contribution >= 4 is 0 Å². The standard InChI is InChI=1S/C15H29NO/c1-11-8-6-7-9-12(11)16-13-10-14(2,3)17-15(13,4)5/h11-13,16H,6-10H2,1-5H3. The van der Waals surface area contributed by atoms with Crippen molar-refractivity contribution in [2.45, 2.75) is 90.0 Å². The molecule has 2 heteroatoms. The fraction of sp³-hybridized carbons (Fsp3) is 1.00. The van der Waals surface area contributed by atoms with Crippen molar-refractivity contribution in [2.24, 2.45) is 5.92 Å². The van der Waals surface area contributed by atoms with Crippen LogP contribution in [0.1, 0.15) is 66.7 Å². The zero-order valence-electron chi connectivity index (χ0n) is 12.2. The van der Waals surface area contributed by atoms with Crippen LogP contribution in [0, 0.1) is 5.92 Å². The van der Waals surface area contributed by atoms with Gasteiger partial charge in [-0.15, -0.1) is 0 Å². The summed E-state index contributed by atoms with van der Waals surface area (Å²) in [4.78, 5) is 0. The minimum absolute atomic E-state index is 0.0269. The Morgan fingerprint density at radius 1 is 1.06 bits per heavy atom. The van der Waals surface area contributed by atoms with E-state index >= 15 is 0 Å². The molecular weight excluding hydrogens is 210 g/mol. The van der Waals surface area contributed by atoms with Gasteiger partial charge in [-0.25, -0.2) is 0 Å². The highest BCUT2D eigenvalue weighted by molar-refractivity contribution is 5.00. The van der Waals surface area contributed by atoms with E-state index in [4.69, 9.17) is 4.74 Å². The predicted molar refractivity (Wildman–Crippen MR) is 72.2 cm³/mol. The fourth-order valence-corrected chi connectivity index (χ4v) is 3.64. The molecule has 1 N–H and O–H groups in total. The van der Waals surface area contributed by atoms with E-state index in [1.54, 1.807) is 0 Å². The zero-order chi connectivity index (χ0) is 12.7. The van der Waals surface area contributed by atoms with Gasteiger partial charge in [-0.1, -0.05) is 19.8 Å². The van der Waals surface area contributed by atoms with Gasteiger partial charge in [-0.2, -0.15) is 0 Å². The highest BCUT2D eigenvalue weighted by Gasteiger charge is 2.46. The minimum Gasteiger partial charge on any atom is -0.368 e. The molecule has 1 heterocycles. The summed E-state index contributed by atoms with van der Waals surface area (Å²) >= 11 is 0. The normalized spacial score (nSPS) is 40.4. The van der Waals surface area contributed by atoms with Gasteiger partial charge in [0, 0.05) is 12.1 Å². The molecule has 0 spiro atoms. The third kappa shape index (κ3) is 3.03. The van der Waals surface area contributed by atoms with Crippen LogP contribution in [0.25, 0.3) is 0 Å². The Balaban J connectivity index is 1.98. The van der Waals surface area contributed by atoms with E-state index in [0.29, 0.717) is 12.1 Å². The Morgan fingerprint density at radius 3 is 2.24 bits per heavy atom. The molecule has 17 heavy (non-hydrogen) atoms. The molecular formula is C15H29NO. The lowest BCUT2D eigenvalue weighted by molar-refractivity contribution is -0.0710. The Kier molecular flexibility index (Phi) is 3.57. The van der Waals surface area contributed by atoms with Gasteiger partial charge in [0.1, 0.15) is 0 Å². The molecule has 2 aliphatic rings. The molecule has 0 radical (unpaired) electrons. The third-order valence-electron chi connectivity index (χ3n) is 4.60. The molecule has 1 aliphatic carbocycles. The highest BCUT2D eigenvalue weighted by Crippen LogP contribution is 2.38. The SMILES string of the molecule is CC1CCCCC1NC1CC(C)(C)OC1(C)C. The molecule has 0 aromatic carbocycles. The van der Waals surface area contributed by atoms with Crippen LogP contribution >= 0.6 is 0 Å². The van der Waals surface area contributed by atoms with Crippen LogP contribution in [-0.4, -0.2) is 23.3 Å².